The van der Waals surface area contributed by atoms with Crippen molar-refractivity contribution in [2.45, 2.75) is 59.2 Å². The van der Waals surface area contributed by atoms with Crippen molar-refractivity contribution in [2.75, 3.05) is 0 Å². The van der Waals surface area contributed by atoms with Crippen LogP contribution in [0.4, 0.5) is 0 Å². The molecule has 0 aromatic carbocycles. The molecule has 0 saturated heterocycles. The number of nitrogens with zero attached hydrogens (tertiary/aromatic N) is 1. The van der Waals surface area contributed by atoms with Gasteiger partial charge in [0.1, 0.15) is 5.60 Å². The number of ether oxygens (including phenoxy) is 1. The maximum absolute atomic E-state index is 5.85. The Labute approximate surface area is 105 Å². The first-order valence-corrected chi connectivity index (χ1v) is 6.05. The monoisotopic (exact) mass is 236 g/mol. The summed E-state index contributed by atoms with van der Waals surface area (Å²) in [5.74, 6) is 0.719. The fourth-order valence-corrected chi connectivity index (χ4v) is 1.30. The minimum absolute atomic E-state index is 0.0921. The average molecular weight is 236 g/mol. The zero-order valence-electron chi connectivity index (χ0n) is 11.8. The van der Waals surface area contributed by atoms with Gasteiger partial charge >= 0.3 is 0 Å². The van der Waals surface area contributed by atoms with Crippen molar-refractivity contribution in [1.82, 2.24) is 10.3 Å². The van der Waals surface area contributed by atoms with Gasteiger partial charge in [0.05, 0.1) is 0 Å². The van der Waals surface area contributed by atoms with E-state index in [0.717, 1.165) is 18.0 Å². The Hall–Kier alpha value is -1.09. The molecule has 1 heterocycles. The number of hydrogen-bond acceptors (Lipinski definition) is 3. The number of nitrogens with one attached hydrogen (secondary N) is 1. The van der Waals surface area contributed by atoms with E-state index in [1.807, 2.05) is 32.9 Å². The van der Waals surface area contributed by atoms with Crippen molar-refractivity contribution >= 4 is 0 Å². The summed E-state index contributed by atoms with van der Waals surface area (Å²) in [5.41, 5.74) is 0.969. The van der Waals surface area contributed by atoms with Gasteiger partial charge in [-0.3, -0.25) is 0 Å². The van der Waals surface area contributed by atoms with Crippen LogP contribution in [0, 0.1) is 0 Å². The minimum Gasteiger partial charge on any atom is -0.472 e. The number of pyridine rings is 1. The molecule has 0 saturated carbocycles. The summed E-state index contributed by atoms with van der Waals surface area (Å²) in [7, 11) is 0. The SMILES string of the molecule is CC(C)(C)NCc1cccnc1OC(C)(C)C. The van der Waals surface area contributed by atoms with E-state index in [4.69, 9.17) is 4.74 Å². The highest BCUT2D eigenvalue weighted by molar-refractivity contribution is 5.26. The van der Waals surface area contributed by atoms with E-state index in [9.17, 15) is 0 Å². The van der Waals surface area contributed by atoms with E-state index >= 15 is 0 Å². The molecule has 0 aliphatic heterocycles. The Balaban J connectivity index is 2.78. The van der Waals surface area contributed by atoms with Gasteiger partial charge in [0.25, 0.3) is 0 Å². The van der Waals surface area contributed by atoms with E-state index < -0.39 is 0 Å². The number of rotatable bonds is 3. The molecular formula is C14H24N2O. The Kier molecular flexibility index (Phi) is 4.15. The molecule has 1 rings (SSSR count). The smallest absolute Gasteiger partial charge is 0.218 e. The Bertz CT molecular complexity index is 361. The lowest BCUT2D eigenvalue weighted by atomic mass is 10.1. The number of hydrogen-bond donors (Lipinski definition) is 1. The molecule has 1 N–H and O–H groups in total. The van der Waals surface area contributed by atoms with Crippen LogP contribution in [0.25, 0.3) is 0 Å². The van der Waals surface area contributed by atoms with Crippen LogP contribution in [0.3, 0.4) is 0 Å². The molecule has 0 radical (unpaired) electrons. The summed E-state index contributed by atoms with van der Waals surface area (Å²) >= 11 is 0. The lowest BCUT2D eigenvalue weighted by molar-refractivity contribution is 0.122. The number of aromatic nitrogens is 1. The van der Waals surface area contributed by atoms with Crippen molar-refractivity contribution in [3.63, 3.8) is 0 Å². The Morgan fingerprint density at radius 3 is 2.35 bits per heavy atom. The zero-order chi connectivity index (χ0) is 13.1. The van der Waals surface area contributed by atoms with Crippen LogP contribution in [0.1, 0.15) is 47.1 Å². The van der Waals surface area contributed by atoms with Crippen molar-refractivity contribution in [3.05, 3.63) is 23.9 Å². The lowest BCUT2D eigenvalue weighted by Crippen LogP contribution is -2.35. The molecule has 0 atom stereocenters. The van der Waals surface area contributed by atoms with E-state index in [2.05, 4.69) is 31.1 Å². The van der Waals surface area contributed by atoms with Crippen molar-refractivity contribution in [1.29, 1.82) is 0 Å². The van der Waals surface area contributed by atoms with Gasteiger partial charge < -0.3 is 10.1 Å². The summed E-state index contributed by atoms with van der Waals surface area (Å²) in [6.07, 6.45) is 1.77. The molecule has 0 unspecified atom stereocenters. The van der Waals surface area contributed by atoms with E-state index in [-0.39, 0.29) is 11.1 Å². The van der Waals surface area contributed by atoms with Crippen molar-refractivity contribution in [3.8, 4) is 5.88 Å². The van der Waals surface area contributed by atoms with E-state index in [1.54, 1.807) is 6.20 Å². The molecule has 1 aromatic heterocycles. The van der Waals surface area contributed by atoms with Gasteiger partial charge in [-0.2, -0.15) is 0 Å². The molecule has 0 fully saturated rings. The minimum atomic E-state index is -0.217. The van der Waals surface area contributed by atoms with Crippen LogP contribution in [-0.2, 0) is 6.54 Å². The molecule has 0 amide bonds. The van der Waals surface area contributed by atoms with Gasteiger partial charge in [-0.05, 0) is 47.6 Å². The van der Waals surface area contributed by atoms with Crippen LogP contribution in [0.5, 0.6) is 5.88 Å². The van der Waals surface area contributed by atoms with Gasteiger partial charge in [0.15, 0.2) is 0 Å². The fraction of sp³-hybridized carbons (Fsp3) is 0.643. The van der Waals surface area contributed by atoms with Gasteiger partial charge in [-0.15, -0.1) is 0 Å². The molecule has 3 nitrogen and oxygen atoms in total. The predicted molar refractivity (Wildman–Crippen MR) is 71.2 cm³/mol. The van der Waals surface area contributed by atoms with Crippen LogP contribution in [0.2, 0.25) is 0 Å². The van der Waals surface area contributed by atoms with Crippen LogP contribution in [0.15, 0.2) is 18.3 Å². The van der Waals surface area contributed by atoms with Gasteiger partial charge in [0, 0.05) is 23.8 Å². The Morgan fingerprint density at radius 1 is 1.18 bits per heavy atom. The van der Waals surface area contributed by atoms with Crippen LogP contribution < -0.4 is 10.1 Å². The maximum Gasteiger partial charge on any atom is 0.218 e. The molecule has 17 heavy (non-hydrogen) atoms. The second-order valence-electron chi connectivity index (χ2n) is 6.29. The van der Waals surface area contributed by atoms with E-state index in [0.29, 0.717) is 0 Å². The lowest BCUT2D eigenvalue weighted by Gasteiger charge is -2.24. The molecule has 0 spiro atoms. The second kappa shape index (κ2) is 5.05. The average Bonchev–Trinajstić information content (AvgIpc) is 2.12. The van der Waals surface area contributed by atoms with Gasteiger partial charge in [-0.1, -0.05) is 6.07 Å². The standard InChI is InChI=1S/C14H24N2O/c1-13(2,3)16-10-11-8-7-9-15-12(11)17-14(4,5)6/h7-9,16H,10H2,1-6H3. The highest BCUT2D eigenvalue weighted by Crippen LogP contribution is 2.20. The molecular weight excluding hydrogens is 212 g/mol. The molecule has 0 bridgehead atoms. The molecule has 96 valence electrons. The quantitative estimate of drug-likeness (QED) is 0.875. The molecule has 3 heteroatoms. The highest BCUT2D eigenvalue weighted by atomic mass is 16.5. The largest absolute Gasteiger partial charge is 0.472 e. The second-order valence-corrected chi connectivity index (χ2v) is 6.29. The predicted octanol–water partition coefficient (Wildman–Crippen LogP) is 3.15. The third kappa shape index (κ3) is 5.68. The maximum atomic E-state index is 5.85. The first-order chi connectivity index (χ1) is 7.67. The summed E-state index contributed by atoms with van der Waals surface area (Å²) < 4.78 is 5.85. The highest BCUT2D eigenvalue weighted by Gasteiger charge is 2.16. The summed E-state index contributed by atoms with van der Waals surface area (Å²) in [6.45, 7) is 13.3. The summed E-state index contributed by atoms with van der Waals surface area (Å²) in [5, 5.41) is 3.44. The fourth-order valence-electron chi connectivity index (χ4n) is 1.30. The van der Waals surface area contributed by atoms with E-state index in [1.165, 1.54) is 0 Å². The first-order valence-electron chi connectivity index (χ1n) is 6.05. The van der Waals surface area contributed by atoms with Crippen LogP contribution >= 0.6 is 0 Å². The van der Waals surface area contributed by atoms with Gasteiger partial charge in [0.2, 0.25) is 5.88 Å². The molecule has 0 aliphatic rings. The third-order valence-electron chi connectivity index (χ3n) is 2.06. The van der Waals surface area contributed by atoms with Crippen molar-refractivity contribution < 1.29 is 4.74 Å². The summed E-state index contributed by atoms with van der Waals surface area (Å²) in [4.78, 5) is 4.30. The normalized spacial score (nSPS) is 12.6. The topological polar surface area (TPSA) is 34.2 Å². The van der Waals surface area contributed by atoms with Crippen molar-refractivity contribution in [2.24, 2.45) is 0 Å². The third-order valence-corrected chi connectivity index (χ3v) is 2.06. The summed E-state index contributed by atoms with van der Waals surface area (Å²) in [6, 6.07) is 3.99. The van der Waals surface area contributed by atoms with Gasteiger partial charge in [-0.25, -0.2) is 4.98 Å². The molecule has 1 aromatic rings. The molecule has 0 aliphatic carbocycles. The zero-order valence-corrected chi connectivity index (χ0v) is 11.8. The Morgan fingerprint density at radius 2 is 1.82 bits per heavy atom. The van der Waals surface area contributed by atoms with Crippen LogP contribution in [-0.4, -0.2) is 16.1 Å². The first kappa shape index (κ1) is 14.0.